The first-order valence-corrected chi connectivity index (χ1v) is 20.0. The van der Waals surface area contributed by atoms with Crippen LogP contribution in [0.15, 0.2) is 36.4 Å². The Morgan fingerprint density at radius 3 is 0.967 bits per heavy atom. The van der Waals surface area contributed by atoms with Gasteiger partial charge in [0.25, 0.3) is 7.42 Å². The van der Waals surface area contributed by atoms with E-state index in [1.54, 1.807) is 6.55 Å². The molecule has 0 heterocycles. The van der Waals surface area contributed by atoms with Crippen molar-refractivity contribution in [1.29, 1.82) is 0 Å². The maximum Gasteiger partial charge on any atom is 0.270 e. The number of anilines is 4. The van der Waals surface area contributed by atoms with Gasteiger partial charge in [0, 0.05) is 0 Å². The Morgan fingerprint density at radius 2 is 0.800 bits per heavy atom. The zero-order chi connectivity index (χ0) is 23.2. The minimum Gasteiger partial charge on any atom is -0.147 e. The predicted octanol–water partition coefficient (Wildman–Crippen LogP) is 3.88. The smallest absolute Gasteiger partial charge is 0.147 e. The molecule has 0 saturated heterocycles. The summed E-state index contributed by atoms with van der Waals surface area (Å²) in [5.41, 5.74) is 4.88. The van der Waals surface area contributed by atoms with E-state index in [0.717, 1.165) is 0 Å². The topological polar surface area (TPSA) is 13.0 Å². The molecule has 166 valence electrons. The van der Waals surface area contributed by atoms with Gasteiger partial charge >= 0.3 is 170 Å². The Hall–Kier alpha value is -0.474. The van der Waals surface area contributed by atoms with E-state index in [1.807, 2.05) is 0 Å². The summed E-state index contributed by atoms with van der Waals surface area (Å²) in [5.74, 6) is 0. The van der Waals surface area contributed by atoms with Gasteiger partial charge in [-0.15, -0.1) is 22.2 Å². The molecule has 2 aromatic rings. The number of nitrogens with zero attached hydrogens (tertiary/aromatic N) is 4. The van der Waals surface area contributed by atoms with Gasteiger partial charge in [-0.3, -0.25) is 0 Å². The zero-order valence-electron chi connectivity index (χ0n) is 19.4. The normalized spacial score (nSPS) is 10.6. The Balaban J connectivity index is 0.00000103. The van der Waals surface area contributed by atoms with E-state index in [0.29, 0.717) is 0 Å². The second-order valence-corrected chi connectivity index (χ2v) is 19.7. The van der Waals surface area contributed by atoms with Gasteiger partial charge in [-0.25, -0.2) is 0 Å². The summed E-state index contributed by atoms with van der Waals surface area (Å²) in [6.07, 6.45) is 0. The standard InChI is InChI=1S/2C10H15N2.CH3Cl2Si.ClH.Sn/c2*1-11(2)9-6-5-7-10(8-9)12(3)4;1-4(2)3;;/h2*5-7H,1-4H3;1H3;1H;/q;;;;+1/p-1. The summed E-state index contributed by atoms with van der Waals surface area (Å²) in [5, 5.41) is 0. The molecule has 30 heavy (non-hydrogen) atoms. The molecule has 0 atom stereocenters. The molecule has 0 unspecified atom stereocenters. The van der Waals surface area contributed by atoms with Crippen molar-refractivity contribution in [3.63, 3.8) is 0 Å². The summed E-state index contributed by atoms with van der Waals surface area (Å²) >= 11 is 7.57. The van der Waals surface area contributed by atoms with Crippen LogP contribution in [0.2, 0.25) is 6.55 Å². The number of hydrogen-bond donors (Lipinski definition) is 0. The third-order valence-electron chi connectivity index (χ3n) is 4.41. The Morgan fingerprint density at radius 1 is 0.600 bits per heavy atom. The van der Waals surface area contributed by atoms with Gasteiger partial charge < -0.3 is 0 Å². The van der Waals surface area contributed by atoms with E-state index in [-0.39, 0.29) is 0 Å². The van der Waals surface area contributed by atoms with Gasteiger partial charge in [-0.05, 0) is 6.55 Å². The molecule has 0 aliphatic carbocycles. The van der Waals surface area contributed by atoms with Crippen LogP contribution in [0, 0.1) is 0 Å². The van der Waals surface area contributed by atoms with Crippen molar-refractivity contribution >= 4 is 87.0 Å². The van der Waals surface area contributed by atoms with Crippen molar-refractivity contribution in [1.82, 2.24) is 0 Å². The van der Waals surface area contributed by atoms with E-state index in [2.05, 4.69) is 112 Å². The second kappa shape index (κ2) is 12.5. The fourth-order valence-corrected chi connectivity index (χ4v) is 12.5. The third-order valence-corrected chi connectivity index (χ3v) is 12.4. The SMILES string of the molecule is CN(C)c1cccc(N(C)C)[c]1[Sn]([Cl])[c]1c(N(C)C)cccc1N(C)C.C[Si](Cl)Cl. The Kier molecular flexibility index (Phi) is 11.5. The van der Waals surface area contributed by atoms with Gasteiger partial charge in [0.05, 0.1) is 0 Å². The maximum atomic E-state index is 7.42. The first-order valence-electron chi connectivity index (χ1n) is 9.53. The molecule has 0 bridgehead atoms. The van der Waals surface area contributed by atoms with Gasteiger partial charge in [-0.2, -0.15) is 0 Å². The largest absolute Gasteiger partial charge is 0.270 e. The molecule has 0 saturated carbocycles. The van der Waals surface area contributed by atoms with Crippen LogP contribution in [-0.4, -0.2) is 82.4 Å². The summed E-state index contributed by atoms with van der Waals surface area (Å²) in [6, 6.07) is 13.0. The average Bonchev–Trinajstić information content (AvgIpc) is 2.65. The summed E-state index contributed by atoms with van der Waals surface area (Å²) in [4.78, 5) is 8.72. The molecule has 0 fully saturated rings. The van der Waals surface area contributed by atoms with Crippen LogP contribution in [0.5, 0.6) is 0 Å². The van der Waals surface area contributed by atoms with Crippen molar-refractivity contribution in [3.05, 3.63) is 36.4 Å². The molecule has 2 aromatic carbocycles. The average molecular weight is 595 g/mol. The monoisotopic (exact) mass is 594 g/mol. The molecule has 0 aromatic heterocycles. The van der Waals surface area contributed by atoms with Gasteiger partial charge in [0.2, 0.25) is 0 Å². The van der Waals surface area contributed by atoms with Crippen LogP contribution in [0.1, 0.15) is 0 Å². The van der Waals surface area contributed by atoms with Crippen LogP contribution in [0.4, 0.5) is 22.7 Å². The fraction of sp³-hybridized carbons (Fsp3) is 0.429. The summed E-state index contributed by atoms with van der Waals surface area (Å²) in [7, 11) is 23.2. The van der Waals surface area contributed by atoms with E-state index in [1.165, 1.54) is 29.9 Å². The zero-order valence-corrected chi connectivity index (χ0v) is 25.5. The number of benzene rings is 2. The first kappa shape index (κ1) is 27.6. The summed E-state index contributed by atoms with van der Waals surface area (Å²) in [6.45, 7) is 1.80. The Labute approximate surface area is 204 Å². The third kappa shape index (κ3) is 7.29. The predicted molar refractivity (Wildman–Crippen MR) is 144 cm³/mol. The molecule has 4 nitrogen and oxygen atoms in total. The molecule has 0 aliphatic rings. The van der Waals surface area contributed by atoms with Crippen molar-refractivity contribution < 1.29 is 0 Å². The van der Waals surface area contributed by atoms with Gasteiger partial charge in [0.1, 0.15) is 0 Å². The Bertz CT molecular complexity index is 698. The molecule has 9 heteroatoms. The molecule has 2 radical (unpaired) electrons. The molecule has 0 spiro atoms. The van der Waals surface area contributed by atoms with E-state index < -0.39 is 26.0 Å². The minimum absolute atomic E-state index is 0.935. The van der Waals surface area contributed by atoms with Crippen molar-refractivity contribution in [2.24, 2.45) is 0 Å². The molecule has 2 rings (SSSR count). The van der Waals surface area contributed by atoms with Crippen LogP contribution in [0.25, 0.3) is 0 Å². The molecule has 0 aliphatic heterocycles. The fourth-order valence-electron chi connectivity index (χ4n) is 3.12. The molecule has 0 amide bonds. The van der Waals surface area contributed by atoms with Crippen LogP contribution < -0.4 is 26.8 Å². The van der Waals surface area contributed by atoms with Crippen LogP contribution in [-0.2, 0) is 0 Å². The van der Waals surface area contributed by atoms with Gasteiger partial charge in [0.15, 0.2) is 0 Å². The summed E-state index contributed by atoms with van der Waals surface area (Å²) < 4.78 is 2.65. The second-order valence-electron chi connectivity index (χ2n) is 7.68. The quantitative estimate of drug-likeness (QED) is 0.372. The van der Waals surface area contributed by atoms with E-state index in [9.17, 15) is 0 Å². The maximum absolute atomic E-state index is 7.42. The molecular weight excluding hydrogens is 561 g/mol. The molecule has 0 N–H and O–H groups in total. The van der Waals surface area contributed by atoms with Crippen molar-refractivity contribution in [3.8, 4) is 0 Å². The van der Waals surface area contributed by atoms with Gasteiger partial charge in [-0.1, -0.05) is 0 Å². The number of halogens is 3. The molecular formula is C21H33Cl3N4SiSn. The minimum atomic E-state index is -2.71. The van der Waals surface area contributed by atoms with Crippen LogP contribution >= 0.6 is 31.1 Å². The van der Waals surface area contributed by atoms with Crippen LogP contribution in [0.3, 0.4) is 0 Å². The van der Waals surface area contributed by atoms with Crippen molar-refractivity contribution in [2.45, 2.75) is 6.55 Å². The van der Waals surface area contributed by atoms with E-state index >= 15 is 0 Å². The van der Waals surface area contributed by atoms with Crippen molar-refractivity contribution in [2.75, 3.05) is 76.0 Å². The number of rotatable bonds is 6. The number of hydrogen-bond acceptors (Lipinski definition) is 4. The first-order chi connectivity index (χ1) is 13.9. The van der Waals surface area contributed by atoms with E-state index in [4.69, 9.17) is 31.1 Å².